The molecule has 1 fully saturated rings. The summed E-state index contributed by atoms with van der Waals surface area (Å²) in [4.78, 5) is 16.9. The van der Waals surface area contributed by atoms with Gasteiger partial charge in [-0.2, -0.15) is 0 Å². The molecule has 1 aliphatic heterocycles. The van der Waals surface area contributed by atoms with Gasteiger partial charge < -0.3 is 15.7 Å². The van der Waals surface area contributed by atoms with E-state index < -0.39 is 11.5 Å². The number of carboxylic acids is 1. The smallest absolute Gasteiger partial charge is 0.325 e. The first-order chi connectivity index (χ1) is 7.51. The predicted octanol–water partition coefficient (Wildman–Crippen LogP) is 0.727. The minimum absolute atomic E-state index is 0.275. The molecule has 0 saturated carbocycles. The van der Waals surface area contributed by atoms with Gasteiger partial charge in [0.2, 0.25) is 0 Å². The number of anilines is 1. The third-order valence-electron chi connectivity index (χ3n) is 2.76. The zero-order valence-corrected chi connectivity index (χ0v) is 9.31. The Kier molecular flexibility index (Phi) is 2.73. The molecule has 5 nitrogen and oxygen atoms in total. The number of aliphatic carboxylic acids is 1. The molecule has 16 heavy (non-hydrogen) atoms. The van der Waals surface area contributed by atoms with Gasteiger partial charge in [-0.3, -0.25) is 4.79 Å². The summed E-state index contributed by atoms with van der Waals surface area (Å²) in [6.45, 7) is 0.869. The maximum Gasteiger partial charge on any atom is 0.325 e. The van der Waals surface area contributed by atoms with E-state index in [4.69, 9.17) is 22.4 Å². The van der Waals surface area contributed by atoms with Gasteiger partial charge >= 0.3 is 5.97 Å². The van der Waals surface area contributed by atoms with E-state index in [2.05, 4.69) is 4.98 Å². The molecule has 1 atom stereocenters. The molecule has 1 aromatic rings. The number of nitrogens with zero attached hydrogens (tertiary/aromatic N) is 2. The predicted molar refractivity (Wildman–Crippen MR) is 60.6 cm³/mol. The highest BCUT2D eigenvalue weighted by Gasteiger charge is 2.41. The van der Waals surface area contributed by atoms with Crippen molar-refractivity contribution in [2.75, 3.05) is 18.0 Å². The first-order valence-electron chi connectivity index (χ1n) is 4.90. The summed E-state index contributed by atoms with van der Waals surface area (Å²) in [5.41, 5.74) is 4.60. The maximum atomic E-state index is 11.0. The van der Waals surface area contributed by atoms with Crippen molar-refractivity contribution in [1.29, 1.82) is 0 Å². The van der Waals surface area contributed by atoms with Gasteiger partial charge in [0.1, 0.15) is 11.4 Å². The molecule has 0 bridgehead atoms. The van der Waals surface area contributed by atoms with Gasteiger partial charge in [0.15, 0.2) is 0 Å². The molecule has 1 aromatic heterocycles. The topological polar surface area (TPSA) is 79.5 Å². The van der Waals surface area contributed by atoms with Gasteiger partial charge in [0, 0.05) is 19.3 Å². The molecule has 1 aliphatic rings. The second kappa shape index (κ2) is 3.92. The van der Waals surface area contributed by atoms with Gasteiger partial charge in [-0.05, 0) is 18.6 Å². The van der Waals surface area contributed by atoms with Gasteiger partial charge in [0.05, 0.1) is 5.02 Å². The summed E-state index contributed by atoms with van der Waals surface area (Å²) >= 11 is 5.73. The van der Waals surface area contributed by atoms with Crippen LogP contribution in [0, 0.1) is 0 Å². The quantitative estimate of drug-likeness (QED) is 0.798. The molecule has 1 saturated heterocycles. The Balaban J connectivity index is 2.15. The van der Waals surface area contributed by atoms with E-state index >= 15 is 0 Å². The van der Waals surface area contributed by atoms with E-state index in [1.54, 1.807) is 12.1 Å². The Labute approximate surface area is 97.8 Å². The van der Waals surface area contributed by atoms with Crippen LogP contribution in [0.1, 0.15) is 6.42 Å². The van der Waals surface area contributed by atoms with Crippen molar-refractivity contribution in [1.82, 2.24) is 4.98 Å². The van der Waals surface area contributed by atoms with Crippen molar-refractivity contribution in [3.63, 3.8) is 0 Å². The molecule has 0 aliphatic carbocycles. The number of nitrogens with two attached hydrogens (primary N) is 1. The zero-order valence-electron chi connectivity index (χ0n) is 8.56. The second-order valence-electron chi connectivity index (χ2n) is 3.97. The number of rotatable bonds is 2. The Morgan fingerprint density at radius 2 is 2.38 bits per heavy atom. The normalized spacial score (nSPS) is 24.8. The lowest BCUT2D eigenvalue weighted by molar-refractivity contribution is -0.142. The molecule has 1 unspecified atom stereocenters. The van der Waals surface area contributed by atoms with Crippen molar-refractivity contribution < 1.29 is 9.90 Å². The minimum atomic E-state index is -1.17. The van der Waals surface area contributed by atoms with Crippen molar-refractivity contribution >= 4 is 23.4 Å². The highest BCUT2D eigenvalue weighted by Crippen LogP contribution is 2.24. The monoisotopic (exact) mass is 241 g/mol. The molecule has 0 radical (unpaired) electrons. The lowest BCUT2D eigenvalue weighted by atomic mass is 10.0. The maximum absolute atomic E-state index is 11.0. The van der Waals surface area contributed by atoms with Crippen LogP contribution < -0.4 is 10.6 Å². The van der Waals surface area contributed by atoms with Crippen molar-refractivity contribution in [3.05, 3.63) is 23.4 Å². The van der Waals surface area contributed by atoms with Gasteiger partial charge in [0.25, 0.3) is 0 Å². The summed E-state index contributed by atoms with van der Waals surface area (Å²) in [6, 6.07) is 3.48. The SMILES string of the molecule is NC1(C(=O)O)CCN(c2ccc(Cl)cn2)C1. The molecule has 86 valence electrons. The average Bonchev–Trinajstić information content (AvgIpc) is 2.63. The number of pyridine rings is 1. The van der Waals surface area contributed by atoms with E-state index in [0.717, 1.165) is 0 Å². The first-order valence-corrected chi connectivity index (χ1v) is 5.28. The Morgan fingerprint density at radius 1 is 1.62 bits per heavy atom. The van der Waals surface area contributed by atoms with Gasteiger partial charge in [-0.15, -0.1) is 0 Å². The van der Waals surface area contributed by atoms with Crippen molar-refractivity contribution in [2.24, 2.45) is 5.73 Å². The van der Waals surface area contributed by atoms with Crippen molar-refractivity contribution in [3.8, 4) is 0 Å². The van der Waals surface area contributed by atoms with Crippen molar-refractivity contribution in [2.45, 2.75) is 12.0 Å². The fraction of sp³-hybridized carbons (Fsp3) is 0.400. The fourth-order valence-electron chi connectivity index (χ4n) is 1.76. The number of halogens is 1. The van der Waals surface area contributed by atoms with Crippen LogP contribution in [-0.2, 0) is 4.79 Å². The summed E-state index contributed by atoms with van der Waals surface area (Å²) in [5, 5.41) is 9.54. The van der Waals surface area contributed by atoms with Crippen LogP contribution in [0.2, 0.25) is 5.02 Å². The summed E-state index contributed by atoms with van der Waals surface area (Å²) < 4.78 is 0. The van der Waals surface area contributed by atoms with Gasteiger partial charge in [-0.1, -0.05) is 11.6 Å². The van der Waals surface area contributed by atoms with Crippen LogP contribution in [0.25, 0.3) is 0 Å². The third-order valence-corrected chi connectivity index (χ3v) is 2.99. The Hall–Kier alpha value is -1.33. The first kappa shape index (κ1) is 11.2. The highest BCUT2D eigenvalue weighted by atomic mass is 35.5. The van der Waals surface area contributed by atoms with Crippen LogP contribution in [0.5, 0.6) is 0 Å². The number of hydrogen-bond donors (Lipinski definition) is 2. The molecular weight excluding hydrogens is 230 g/mol. The lowest BCUT2D eigenvalue weighted by Crippen LogP contribution is -2.50. The summed E-state index contributed by atoms with van der Waals surface area (Å²) in [7, 11) is 0. The highest BCUT2D eigenvalue weighted by molar-refractivity contribution is 6.30. The number of hydrogen-bond acceptors (Lipinski definition) is 4. The van der Waals surface area contributed by atoms with E-state index in [1.807, 2.05) is 4.90 Å². The number of aromatic nitrogens is 1. The summed E-state index contributed by atoms with van der Waals surface area (Å²) in [6.07, 6.45) is 1.96. The average molecular weight is 242 g/mol. The van der Waals surface area contributed by atoms with E-state index in [1.165, 1.54) is 6.20 Å². The molecule has 2 heterocycles. The van der Waals surface area contributed by atoms with Crippen LogP contribution >= 0.6 is 11.6 Å². The third kappa shape index (κ3) is 1.96. The minimum Gasteiger partial charge on any atom is -0.480 e. The largest absolute Gasteiger partial charge is 0.480 e. The molecule has 2 rings (SSSR count). The van der Waals surface area contributed by atoms with Gasteiger partial charge in [-0.25, -0.2) is 4.98 Å². The standard InChI is InChI=1S/C10H12ClN3O2/c11-7-1-2-8(13-5-7)14-4-3-10(12,6-14)9(15)16/h1-2,5H,3-4,6,12H2,(H,15,16). The van der Waals surface area contributed by atoms with E-state index in [-0.39, 0.29) is 6.54 Å². The van der Waals surface area contributed by atoms with E-state index in [9.17, 15) is 4.79 Å². The Bertz CT molecular complexity index is 409. The zero-order chi connectivity index (χ0) is 11.8. The molecule has 0 spiro atoms. The van der Waals surface area contributed by atoms with E-state index in [0.29, 0.717) is 23.8 Å². The molecule has 0 amide bonds. The number of carboxylic acid groups (broad SMARTS) is 1. The second-order valence-corrected chi connectivity index (χ2v) is 4.40. The molecule has 0 aromatic carbocycles. The number of carbonyl (C=O) groups is 1. The molecule has 3 N–H and O–H groups in total. The fourth-order valence-corrected chi connectivity index (χ4v) is 1.87. The van der Waals surface area contributed by atoms with Crippen LogP contribution in [0.3, 0.4) is 0 Å². The van der Waals surface area contributed by atoms with Crippen LogP contribution in [0.15, 0.2) is 18.3 Å². The van der Waals surface area contributed by atoms with Crippen LogP contribution in [-0.4, -0.2) is 34.7 Å². The Morgan fingerprint density at radius 3 is 2.88 bits per heavy atom. The van der Waals surface area contributed by atoms with Crippen LogP contribution in [0.4, 0.5) is 5.82 Å². The lowest BCUT2D eigenvalue weighted by Gasteiger charge is -2.20. The summed E-state index contributed by atoms with van der Waals surface area (Å²) in [5.74, 6) is -0.262. The molecular formula is C10H12ClN3O2. The molecule has 6 heteroatoms.